The fourth-order valence-electron chi connectivity index (χ4n) is 0.415. The maximum Gasteiger partial charge on any atom is 0.162 e. The molecule has 0 fully saturated rings. The van der Waals surface area contributed by atoms with Crippen LogP contribution in [0, 0.1) is 0 Å². The first kappa shape index (κ1) is 6.60. The molecule has 10 heavy (non-hydrogen) atoms. The third kappa shape index (κ3) is 1.77. The molecule has 0 aliphatic carbocycles. The Morgan fingerprint density at radius 1 is 1.70 bits per heavy atom. The maximum absolute atomic E-state index is 10.4. The first-order valence-corrected chi connectivity index (χ1v) is 2.70. The van der Waals surface area contributed by atoms with Crippen LogP contribution in [0.25, 0.3) is 6.20 Å². The van der Waals surface area contributed by atoms with Crippen LogP contribution in [-0.2, 0) is 4.79 Å². The van der Waals surface area contributed by atoms with E-state index in [1.807, 2.05) is 0 Å². The second-order valence-corrected chi connectivity index (χ2v) is 1.68. The number of rotatable bonds is 2. The SMILES string of the molecule is CC(=O)/C=C/n1ncnn1. The topological polar surface area (TPSA) is 60.7 Å². The van der Waals surface area contributed by atoms with E-state index in [1.54, 1.807) is 0 Å². The number of carbonyl (C=O) groups excluding carboxylic acids is 1. The quantitative estimate of drug-likeness (QED) is 0.528. The average Bonchev–Trinajstić information content (AvgIpc) is 2.34. The zero-order valence-corrected chi connectivity index (χ0v) is 5.43. The van der Waals surface area contributed by atoms with Crippen LogP contribution >= 0.6 is 0 Å². The van der Waals surface area contributed by atoms with Gasteiger partial charge in [0, 0.05) is 6.08 Å². The van der Waals surface area contributed by atoms with Gasteiger partial charge >= 0.3 is 0 Å². The highest BCUT2D eigenvalue weighted by Crippen LogP contribution is 1.78. The van der Waals surface area contributed by atoms with Gasteiger partial charge in [0.05, 0.1) is 6.20 Å². The van der Waals surface area contributed by atoms with Crippen LogP contribution in [-0.4, -0.2) is 26.0 Å². The number of hydrogen-bond acceptors (Lipinski definition) is 4. The fourth-order valence-corrected chi connectivity index (χ4v) is 0.415. The summed E-state index contributed by atoms with van der Waals surface area (Å²) in [6.45, 7) is 1.45. The lowest BCUT2D eigenvalue weighted by Gasteiger charge is -1.81. The van der Waals surface area contributed by atoms with Crippen molar-refractivity contribution in [3.63, 3.8) is 0 Å². The average molecular weight is 138 g/mol. The van der Waals surface area contributed by atoms with E-state index < -0.39 is 0 Å². The minimum Gasteiger partial charge on any atom is -0.295 e. The molecule has 1 aromatic heterocycles. The van der Waals surface area contributed by atoms with Gasteiger partial charge < -0.3 is 0 Å². The molecule has 1 heterocycles. The summed E-state index contributed by atoms with van der Waals surface area (Å²) < 4.78 is 0. The molecule has 0 radical (unpaired) electrons. The monoisotopic (exact) mass is 138 g/mol. The number of ketones is 1. The van der Waals surface area contributed by atoms with Crippen molar-refractivity contribution in [2.45, 2.75) is 6.92 Å². The third-order valence-electron chi connectivity index (χ3n) is 0.807. The van der Waals surface area contributed by atoms with E-state index in [4.69, 9.17) is 0 Å². The molecule has 52 valence electrons. The van der Waals surface area contributed by atoms with E-state index in [0.717, 1.165) is 0 Å². The van der Waals surface area contributed by atoms with E-state index in [1.165, 1.54) is 30.3 Å². The molecule has 5 nitrogen and oxygen atoms in total. The molecule has 0 unspecified atom stereocenters. The second-order valence-electron chi connectivity index (χ2n) is 1.68. The van der Waals surface area contributed by atoms with Crippen LogP contribution < -0.4 is 0 Å². The Hall–Kier alpha value is -1.52. The Labute approximate surface area is 57.3 Å². The van der Waals surface area contributed by atoms with Crippen LogP contribution in [0.1, 0.15) is 6.92 Å². The van der Waals surface area contributed by atoms with Gasteiger partial charge in [-0.3, -0.25) is 4.79 Å². The van der Waals surface area contributed by atoms with E-state index >= 15 is 0 Å². The van der Waals surface area contributed by atoms with Crippen molar-refractivity contribution >= 4 is 12.0 Å². The molecule has 0 bridgehead atoms. The van der Waals surface area contributed by atoms with Crippen molar-refractivity contribution in [3.8, 4) is 0 Å². The van der Waals surface area contributed by atoms with Crippen molar-refractivity contribution < 1.29 is 4.79 Å². The number of tetrazole rings is 1. The minimum atomic E-state index is -0.0442. The molecule has 0 aliphatic rings. The first-order chi connectivity index (χ1) is 4.79. The second kappa shape index (κ2) is 2.86. The van der Waals surface area contributed by atoms with Crippen molar-refractivity contribution in [3.05, 3.63) is 12.4 Å². The van der Waals surface area contributed by atoms with E-state index in [9.17, 15) is 4.79 Å². The zero-order chi connectivity index (χ0) is 7.40. The highest BCUT2D eigenvalue weighted by Gasteiger charge is 1.84. The highest BCUT2D eigenvalue weighted by atomic mass is 16.1. The molecule has 1 rings (SSSR count). The van der Waals surface area contributed by atoms with E-state index in [-0.39, 0.29) is 5.78 Å². The van der Waals surface area contributed by atoms with Gasteiger partial charge in [-0.05, 0) is 12.1 Å². The Kier molecular flexibility index (Phi) is 1.89. The fraction of sp³-hybridized carbons (Fsp3) is 0.200. The van der Waals surface area contributed by atoms with Crippen LogP contribution in [0.3, 0.4) is 0 Å². The number of carbonyl (C=O) groups is 1. The van der Waals surface area contributed by atoms with Crippen molar-refractivity contribution in [2.24, 2.45) is 0 Å². The van der Waals surface area contributed by atoms with Crippen LogP contribution in [0.2, 0.25) is 0 Å². The Morgan fingerprint density at radius 3 is 3.00 bits per heavy atom. The summed E-state index contributed by atoms with van der Waals surface area (Å²) in [5.41, 5.74) is 0. The minimum absolute atomic E-state index is 0.0442. The van der Waals surface area contributed by atoms with Crippen LogP contribution in [0.15, 0.2) is 12.4 Å². The first-order valence-electron chi connectivity index (χ1n) is 2.70. The highest BCUT2D eigenvalue weighted by molar-refractivity contribution is 5.89. The third-order valence-corrected chi connectivity index (χ3v) is 0.807. The lowest BCUT2D eigenvalue weighted by molar-refractivity contribution is -0.112. The molecule has 5 heteroatoms. The summed E-state index contributed by atoms with van der Waals surface area (Å²) in [5.74, 6) is -0.0442. The standard InChI is InChI=1S/C5H6N4O/c1-5(10)2-3-9-7-4-6-8-9/h2-4H,1H3/b3-2+. The summed E-state index contributed by atoms with van der Waals surface area (Å²) in [6.07, 6.45) is 4.10. The lowest BCUT2D eigenvalue weighted by atomic mass is 10.4. The van der Waals surface area contributed by atoms with Crippen molar-refractivity contribution in [2.75, 3.05) is 0 Å². The smallest absolute Gasteiger partial charge is 0.162 e. The Balaban J connectivity index is 2.64. The summed E-state index contributed by atoms with van der Waals surface area (Å²) in [6, 6.07) is 0. The Morgan fingerprint density at radius 2 is 2.50 bits per heavy atom. The number of nitrogens with zero attached hydrogens (tertiary/aromatic N) is 4. The summed E-state index contributed by atoms with van der Waals surface area (Å²) in [4.78, 5) is 11.6. The molecule has 0 N–H and O–H groups in total. The number of hydrogen-bond donors (Lipinski definition) is 0. The molecule has 0 aromatic carbocycles. The number of aromatic nitrogens is 4. The van der Waals surface area contributed by atoms with Gasteiger partial charge in [0.15, 0.2) is 12.1 Å². The van der Waals surface area contributed by atoms with Crippen molar-refractivity contribution in [1.82, 2.24) is 20.2 Å². The molecule has 0 atom stereocenters. The van der Waals surface area contributed by atoms with Crippen molar-refractivity contribution in [1.29, 1.82) is 0 Å². The van der Waals surface area contributed by atoms with Crippen LogP contribution in [0.5, 0.6) is 0 Å². The summed E-state index contributed by atoms with van der Waals surface area (Å²) >= 11 is 0. The van der Waals surface area contributed by atoms with E-state index in [2.05, 4.69) is 15.4 Å². The van der Waals surface area contributed by atoms with Gasteiger partial charge in [0.1, 0.15) is 0 Å². The van der Waals surface area contributed by atoms with Gasteiger partial charge in [-0.1, -0.05) is 0 Å². The van der Waals surface area contributed by atoms with Crippen LogP contribution in [0.4, 0.5) is 0 Å². The van der Waals surface area contributed by atoms with Gasteiger partial charge in [-0.15, -0.1) is 15.0 Å². The molecule has 0 spiro atoms. The van der Waals surface area contributed by atoms with Gasteiger partial charge in [-0.25, -0.2) is 0 Å². The molecular weight excluding hydrogens is 132 g/mol. The molecule has 1 aromatic rings. The molecular formula is C5H6N4O. The molecule has 0 saturated heterocycles. The Bertz CT molecular complexity index is 238. The van der Waals surface area contributed by atoms with Gasteiger partial charge in [0.2, 0.25) is 0 Å². The lowest BCUT2D eigenvalue weighted by Crippen LogP contribution is -1.92. The summed E-state index contributed by atoms with van der Waals surface area (Å²) in [5, 5.41) is 10.6. The van der Waals surface area contributed by atoms with Gasteiger partial charge in [-0.2, -0.15) is 0 Å². The molecule has 0 amide bonds. The number of allylic oxidation sites excluding steroid dienone is 1. The summed E-state index contributed by atoms with van der Waals surface area (Å²) in [7, 11) is 0. The maximum atomic E-state index is 10.4. The molecule has 0 saturated carbocycles. The molecule has 0 aliphatic heterocycles. The normalized spacial score (nSPS) is 10.5. The predicted molar refractivity (Wildman–Crippen MR) is 33.8 cm³/mol. The van der Waals surface area contributed by atoms with Gasteiger partial charge in [0.25, 0.3) is 0 Å². The largest absolute Gasteiger partial charge is 0.295 e. The predicted octanol–water partition coefficient (Wildman–Crippen LogP) is -0.267. The van der Waals surface area contributed by atoms with E-state index in [0.29, 0.717) is 0 Å². The zero-order valence-electron chi connectivity index (χ0n) is 5.43.